The molecule has 2 rings (SSSR count). The molecule has 106 valence electrons. The molecular weight excluding hydrogens is 310 g/mol. The van der Waals surface area contributed by atoms with E-state index in [1.807, 2.05) is 12.1 Å². The smallest absolute Gasteiger partial charge is 0.128 e. The molecule has 1 aromatic rings. The van der Waals surface area contributed by atoms with Crippen molar-refractivity contribution >= 4 is 15.9 Å². The van der Waals surface area contributed by atoms with E-state index in [1.54, 1.807) is 14.2 Å². The minimum atomic E-state index is -0.141. The maximum Gasteiger partial charge on any atom is 0.128 e. The van der Waals surface area contributed by atoms with Crippen LogP contribution in [0, 0.1) is 0 Å². The van der Waals surface area contributed by atoms with Crippen LogP contribution in [-0.2, 0) is 6.54 Å². The quantitative estimate of drug-likeness (QED) is 0.921. The molecule has 0 spiro atoms. The number of benzene rings is 1. The van der Waals surface area contributed by atoms with Crippen molar-refractivity contribution in [1.29, 1.82) is 0 Å². The van der Waals surface area contributed by atoms with Gasteiger partial charge >= 0.3 is 0 Å². The Hall–Kier alpha value is -0.780. The van der Waals surface area contributed by atoms with E-state index in [0.29, 0.717) is 0 Å². The number of halogens is 1. The Morgan fingerprint density at radius 3 is 2.53 bits per heavy atom. The van der Waals surface area contributed by atoms with Crippen LogP contribution in [0.3, 0.4) is 0 Å². The number of rotatable bonds is 4. The molecule has 0 amide bonds. The van der Waals surface area contributed by atoms with Crippen LogP contribution in [0.4, 0.5) is 0 Å². The zero-order chi connectivity index (χ0) is 13.8. The van der Waals surface area contributed by atoms with E-state index in [-0.39, 0.29) is 6.10 Å². The zero-order valence-electron chi connectivity index (χ0n) is 11.4. The molecular formula is C14H20BrNO3. The van der Waals surface area contributed by atoms with Gasteiger partial charge in [0.1, 0.15) is 11.5 Å². The number of hydrogen-bond acceptors (Lipinski definition) is 4. The van der Waals surface area contributed by atoms with Gasteiger partial charge in [0.2, 0.25) is 0 Å². The summed E-state index contributed by atoms with van der Waals surface area (Å²) in [6.45, 7) is 2.66. The Balaban J connectivity index is 2.15. The summed E-state index contributed by atoms with van der Waals surface area (Å²) >= 11 is 3.58. The molecule has 1 N–H and O–H groups in total. The van der Waals surface area contributed by atoms with Gasteiger partial charge in [-0.2, -0.15) is 0 Å². The number of likely N-dealkylation sites (tertiary alicyclic amines) is 1. The van der Waals surface area contributed by atoms with E-state index in [9.17, 15) is 5.11 Å². The first-order valence-corrected chi connectivity index (χ1v) is 7.24. The van der Waals surface area contributed by atoms with Crippen LogP contribution in [0.2, 0.25) is 0 Å². The van der Waals surface area contributed by atoms with Crippen molar-refractivity contribution < 1.29 is 14.6 Å². The SMILES string of the molecule is COc1cc(Br)c(CN2CCC(O)CC2)c(OC)c1. The predicted octanol–water partition coefficient (Wildman–Crippen LogP) is 2.42. The third kappa shape index (κ3) is 3.61. The number of aliphatic hydroxyl groups is 1. The summed E-state index contributed by atoms with van der Waals surface area (Å²) < 4.78 is 11.7. The summed E-state index contributed by atoms with van der Waals surface area (Å²) in [4.78, 5) is 2.34. The Bertz CT molecular complexity index is 431. The first kappa shape index (κ1) is 14.6. The van der Waals surface area contributed by atoms with Crippen molar-refractivity contribution in [3.8, 4) is 11.5 Å². The first-order chi connectivity index (χ1) is 9.13. The molecule has 1 aliphatic rings. The molecule has 4 nitrogen and oxygen atoms in total. The number of aliphatic hydroxyl groups excluding tert-OH is 1. The number of nitrogens with zero attached hydrogens (tertiary/aromatic N) is 1. The second-order valence-corrected chi connectivity index (χ2v) is 5.65. The van der Waals surface area contributed by atoms with E-state index in [2.05, 4.69) is 20.8 Å². The lowest BCUT2D eigenvalue weighted by molar-refractivity contribution is 0.0788. The molecule has 1 fully saturated rings. The highest BCUT2D eigenvalue weighted by molar-refractivity contribution is 9.10. The molecule has 0 unspecified atom stereocenters. The van der Waals surface area contributed by atoms with Gasteiger partial charge in [0.05, 0.1) is 20.3 Å². The largest absolute Gasteiger partial charge is 0.497 e. The van der Waals surface area contributed by atoms with E-state index in [4.69, 9.17) is 9.47 Å². The summed E-state index contributed by atoms with van der Waals surface area (Å²) in [5.41, 5.74) is 1.12. The van der Waals surface area contributed by atoms with Gasteiger partial charge < -0.3 is 14.6 Å². The molecule has 0 bridgehead atoms. The number of methoxy groups -OCH3 is 2. The summed E-state index contributed by atoms with van der Waals surface area (Å²) in [7, 11) is 3.32. The Labute approximate surface area is 122 Å². The third-order valence-electron chi connectivity index (χ3n) is 3.52. The van der Waals surface area contributed by atoms with Crippen molar-refractivity contribution in [2.24, 2.45) is 0 Å². The second-order valence-electron chi connectivity index (χ2n) is 4.80. The normalized spacial score (nSPS) is 17.5. The summed E-state index contributed by atoms with van der Waals surface area (Å²) in [5.74, 6) is 1.61. The summed E-state index contributed by atoms with van der Waals surface area (Å²) in [6, 6.07) is 3.86. The van der Waals surface area contributed by atoms with Crippen LogP contribution in [0.15, 0.2) is 16.6 Å². The van der Waals surface area contributed by atoms with Crippen molar-refractivity contribution in [2.45, 2.75) is 25.5 Å². The van der Waals surface area contributed by atoms with Gasteiger partial charge in [-0.05, 0) is 18.9 Å². The molecule has 0 aromatic heterocycles. The van der Waals surface area contributed by atoms with Crippen LogP contribution in [-0.4, -0.2) is 43.4 Å². The van der Waals surface area contributed by atoms with Gasteiger partial charge in [-0.3, -0.25) is 4.90 Å². The minimum absolute atomic E-state index is 0.141. The number of hydrogen-bond donors (Lipinski definition) is 1. The molecule has 0 aliphatic carbocycles. The van der Waals surface area contributed by atoms with Gasteiger partial charge in [-0.15, -0.1) is 0 Å². The Kier molecular flexibility index (Phi) is 5.07. The van der Waals surface area contributed by atoms with Gasteiger partial charge in [-0.25, -0.2) is 0 Å². The standard InChI is InChI=1S/C14H20BrNO3/c1-18-11-7-13(15)12(14(8-11)19-2)9-16-5-3-10(17)4-6-16/h7-8,10,17H,3-6,9H2,1-2H3. The predicted molar refractivity (Wildman–Crippen MR) is 77.8 cm³/mol. The molecule has 0 atom stereocenters. The lowest BCUT2D eigenvalue weighted by atomic mass is 10.1. The van der Waals surface area contributed by atoms with Crippen LogP contribution >= 0.6 is 15.9 Å². The van der Waals surface area contributed by atoms with E-state index in [1.165, 1.54) is 0 Å². The lowest BCUT2D eigenvalue weighted by Gasteiger charge is -2.30. The molecule has 1 saturated heterocycles. The lowest BCUT2D eigenvalue weighted by Crippen LogP contribution is -2.35. The molecule has 0 saturated carbocycles. The molecule has 19 heavy (non-hydrogen) atoms. The first-order valence-electron chi connectivity index (χ1n) is 6.45. The maximum atomic E-state index is 9.54. The fourth-order valence-corrected chi connectivity index (χ4v) is 2.89. The van der Waals surface area contributed by atoms with Gasteiger partial charge in [0.15, 0.2) is 0 Å². The van der Waals surface area contributed by atoms with Crippen molar-refractivity contribution in [1.82, 2.24) is 4.90 Å². The van der Waals surface area contributed by atoms with Crippen LogP contribution < -0.4 is 9.47 Å². The minimum Gasteiger partial charge on any atom is -0.497 e. The zero-order valence-corrected chi connectivity index (χ0v) is 12.9. The van der Waals surface area contributed by atoms with Gasteiger partial charge in [-0.1, -0.05) is 15.9 Å². The van der Waals surface area contributed by atoms with Crippen LogP contribution in [0.5, 0.6) is 11.5 Å². The highest BCUT2D eigenvalue weighted by Gasteiger charge is 2.20. The topological polar surface area (TPSA) is 41.9 Å². The van der Waals surface area contributed by atoms with Gasteiger partial charge in [0, 0.05) is 35.7 Å². The third-order valence-corrected chi connectivity index (χ3v) is 4.23. The second kappa shape index (κ2) is 6.59. The van der Waals surface area contributed by atoms with Crippen molar-refractivity contribution in [2.75, 3.05) is 27.3 Å². The Morgan fingerprint density at radius 2 is 1.95 bits per heavy atom. The molecule has 1 aromatic carbocycles. The average molecular weight is 330 g/mol. The maximum absolute atomic E-state index is 9.54. The van der Waals surface area contributed by atoms with Crippen molar-refractivity contribution in [3.05, 3.63) is 22.2 Å². The average Bonchev–Trinajstić information content (AvgIpc) is 2.43. The number of piperidine rings is 1. The van der Waals surface area contributed by atoms with E-state index >= 15 is 0 Å². The van der Waals surface area contributed by atoms with Gasteiger partial charge in [0.25, 0.3) is 0 Å². The van der Waals surface area contributed by atoms with Crippen molar-refractivity contribution in [3.63, 3.8) is 0 Å². The molecule has 1 heterocycles. The fourth-order valence-electron chi connectivity index (χ4n) is 2.34. The number of ether oxygens (including phenoxy) is 2. The molecule has 1 aliphatic heterocycles. The fraction of sp³-hybridized carbons (Fsp3) is 0.571. The van der Waals surface area contributed by atoms with E-state index < -0.39 is 0 Å². The highest BCUT2D eigenvalue weighted by atomic mass is 79.9. The Morgan fingerprint density at radius 1 is 1.26 bits per heavy atom. The van der Waals surface area contributed by atoms with Crippen LogP contribution in [0.1, 0.15) is 18.4 Å². The van der Waals surface area contributed by atoms with E-state index in [0.717, 1.165) is 54.0 Å². The highest BCUT2D eigenvalue weighted by Crippen LogP contribution is 2.33. The van der Waals surface area contributed by atoms with Crippen LogP contribution in [0.25, 0.3) is 0 Å². The molecule has 0 radical (unpaired) electrons. The monoisotopic (exact) mass is 329 g/mol. The summed E-state index contributed by atoms with van der Waals surface area (Å²) in [6.07, 6.45) is 1.55. The molecule has 5 heteroatoms. The summed E-state index contributed by atoms with van der Waals surface area (Å²) in [5, 5.41) is 9.54.